The van der Waals surface area contributed by atoms with Crippen LogP contribution in [0.15, 0.2) is 4.99 Å². The van der Waals surface area contributed by atoms with Crippen molar-refractivity contribution in [2.24, 2.45) is 4.99 Å². The molecular formula is C6H13N3O. The van der Waals surface area contributed by atoms with Gasteiger partial charge in [0.05, 0.1) is 0 Å². The molecule has 0 aromatic rings. The Kier molecular flexibility index (Phi) is 2.80. The molecule has 1 aliphatic heterocycles. The summed E-state index contributed by atoms with van der Waals surface area (Å²) in [7, 11) is 1.68. The number of methoxy groups -OCH3 is 1. The largest absolute Gasteiger partial charge is 0.376 e. The molecule has 0 spiro atoms. The van der Waals surface area contributed by atoms with E-state index in [0.717, 1.165) is 13.2 Å². The maximum atomic E-state index is 5.14. The summed E-state index contributed by atoms with van der Waals surface area (Å²) in [5.41, 5.74) is 0. The van der Waals surface area contributed by atoms with Gasteiger partial charge in [0.15, 0.2) is 0 Å². The first-order valence-electron chi connectivity index (χ1n) is 3.31. The van der Waals surface area contributed by atoms with Crippen LogP contribution in [0.3, 0.4) is 0 Å². The molecule has 4 nitrogen and oxygen atoms in total. The van der Waals surface area contributed by atoms with Gasteiger partial charge in [-0.3, -0.25) is 10.3 Å². The first-order chi connectivity index (χ1) is 4.88. The minimum atomic E-state index is 0.0475. The Hall–Kier alpha value is -0.450. The zero-order valence-corrected chi connectivity index (χ0v) is 6.13. The second kappa shape index (κ2) is 3.65. The van der Waals surface area contributed by atoms with Crippen LogP contribution in [0.5, 0.6) is 0 Å². The van der Waals surface area contributed by atoms with Gasteiger partial charge >= 0.3 is 0 Å². The number of aliphatic imine (C=N–C) groups is 1. The van der Waals surface area contributed by atoms with Crippen LogP contribution in [0, 0.1) is 0 Å². The molecule has 1 rings (SSSR count). The van der Waals surface area contributed by atoms with Crippen molar-refractivity contribution >= 4 is 6.72 Å². The van der Waals surface area contributed by atoms with Crippen LogP contribution in [0.2, 0.25) is 0 Å². The maximum Gasteiger partial charge on any atom is 0.127 e. The Bertz CT molecular complexity index is 118. The monoisotopic (exact) mass is 143 g/mol. The number of nitrogens with one attached hydrogen (secondary N) is 2. The SMILES string of the molecule is C=NC1NCNCC1OC. The fourth-order valence-corrected chi connectivity index (χ4v) is 1.03. The first kappa shape index (κ1) is 7.65. The zero-order valence-electron chi connectivity index (χ0n) is 6.13. The molecule has 0 aromatic heterocycles. The van der Waals surface area contributed by atoms with E-state index in [9.17, 15) is 0 Å². The van der Waals surface area contributed by atoms with E-state index < -0.39 is 0 Å². The second-order valence-electron chi connectivity index (χ2n) is 2.24. The van der Waals surface area contributed by atoms with Crippen molar-refractivity contribution < 1.29 is 4.74 Å². The van der Waals surface area contributed by atoms with E-state index in [1.165, 1.54) is 0 Å². The molecule has 1 saturated heterocycles. The van der Waals surface area contributed by atoms with Crippen LogP contribution >= 0.6 is 0 Å². The van der Waals surface area contributed by atoms with E-state index >= 15 is 0 Å². The summed E-state index contributed by atoms with van der Waals surface area (Å²) in [4.78, 5) is 3.87. The number of ether oxygens (including phenoxy) is 1. The van der Waals surface area contributed by atoms with Crippen LogP contribution in [0.25, 0.3) is 0 Å². The Morgan fingerprint density at radius 1 is 1.70 bits per heavy atom. The fourth-order valence-electron chi connectivity index (χ4n) is 1.03. The molecule has 4 heteroatoms. The fraction of sp³-hybridized carbons (Fsp3) is 0.833. The lowest BCUT2D eigenvalue weighted by atomic mass is 10.2. The zero-order chi connectivity index (χ0) is 7.40. The summed E-state index contributed by atoms with van der Waals surface area (Å²) in [5, 5.41) is 6.23. The highest BCUT2D eigenvalue weighted by Gasteiger charge is 2.21. The highest BCUT2D eigenvalue weighted by molar-refractivity contribution is 5.24. The predicted molar refractivity (Wildman–Crippen MR) is 40.1 cm³/mol. The molecule has 1 fully saturated rings. The lowest BCUT2D eigenvalue weighted by molar-refractivity contribution is 0.0543. The molecule has 1 heterocycles. The van der Waals surface area contributed by atoms with Gasteiger partial charge in [0.25, 0.3) is 0 Å². The molecule has 0 aromatic carbocycles. The summed E-state index contributed by atoms with van der Waals surface area (Å²) in [6, 6.07) is 0. The minimum absolute atomic E-state index is 0.0475. The standard InChI is InChI=1S/C6H13N3O/c1-7-6-5(10-2)3-8-4-9-6/h5-6,8-9H,1,3-4H2,2H3. The van der Waals surface area contributed by atoms with Gasteiger partial charge in [-0.2, -0.15) is 0 Å². The maximum absolute atomic E-state index is 5.14. The van der Waals surface area contributed by atoms with E-state index in [-0.39, 0.29) is 12.3 Å². The summed E-state index contributed by atoms with van der Waals surface area (Å²) in [6.45, 7) is 5.08. The molecule has 0 radical (unpaired) electrons. The molecule has 0 aliphatic carbocycles. The van der Waals surface area contributed by atoms with E-state index in [4.69, 9.17) is 4.74 Å². The third kappa shape index (κ3) is 1.53. The Balaban J connectivity index is 2.41. The quantitative estimate of drug-likeness (QED) is 0.496. The van der Waals surface area contributed by atoms with Crippen molar-refractivity contribution in [2.45, 2.75) is 12.3 Å². The lowest BCUT2D eigenvalue weighted by Crippen LogP contribution is -2.54. The molecule has 1 aliphatic rings. The summed E-state index contributed by atoms with van der Waals surface area (Å²) < 4.78 is 5.14. The number of hydrogen-bond acceptors (Lipinski definition) is 4. The summed E-state index contributed by atoms with van der Waals surface area (Å²) >= 11 is 0. The molecule has 10 heavy (non-hydrogen) atoms. The molecule has 2 atom stereocenters. The Morgan fingerprint density at radius 3 is 3.00 bits per heavy atom. The molecule has 0 amide bonds. The summed E-state index contributed by atoms with van der Waals surface area (Å²) in [5.74, 6) is 0. The van der Waals surface area contributed by atoms with Crippen molar-refractivity contribution in [3.8, 4) is 0 Å². The van der Waals surface area contributed by atoms with Gasteiger partial charge < -0.3 is 10.1 Å². The van der Waals surface area contributed by atoms with Crippen LogP contribution < -0.4 is 10.6 Å². The van der Waals surface area contributed by atoms with Gasteiger partial charge in [-0.05, 0) is 6.72 Å². The lowest BCUT2D eigenvalue weighted by Gasteiger charge is -2.28. The molecule has 2 N–H and O–H groups in total. The number of nitrogens with zero attached hydrogens (tertiary/aromatic N) is 1. The molecule has 0 bridgehead atoms. The average molecular weight is 143 g/mol. The van der Waals surface area contributed by atoms with Crippen LogP contribution in [-0.2, 0) is 4.74 Å². The number of hydrogen-bond donors (Lipinski definition) is 2. The van der Waals surface area contributed by atoms with E-state index in [0.29, 0.717) is 0 Å². The predicted octanol–water partition coefficient (Wildman–Crippen LogP) is -0.822. The smallest absolute Gasteiger partial charge is 0.127 e. The topological polar surface area (TPSA) is 45.7 Å². The van der Waals surface area contributed by atoms with Gasteiger partial charge in [-0.15, -0.1) is 0 Å². The Morgan fingerprint density at radius 2 is 2.50 bits per heavy atom. The molecule has 0 saturated carbocycles. The highest BCUT2D eigenvalue weighted by atomic mass is 16.5. The van der Waals surface area contributed by atoms with E-state index in [2.05, 4.69) is 22.3 Å². The van der Waals surface area contributed by atoms with Gasteiger partial charge in [-0.25, -0.2) is 0 Å². The van der Waals surface area contributed by atoms with Crippen LogP contribution in [0.4, 0.5) is 0 Å². The van der Waals surface area contributed by atoms with Crippen LogP contribution in [-0.4, -0.2) is 39.3 Å². The third-order valence-electron chi connectivity index (χ3n) is 1.63. The first-order valence-corrected chi connectivity index (χ1v) is 3.31. The minimum Gasteiger partial charge on any atom is -0.376 e. The molecule has 2 unspecified atom stereocenters. The van der Waals surface area contributed by atoms with Crippen molar-refractivity contribution in [3.63, 3.8) is 0 Å². The van der Waals surface area contributed by atoms with E-state index in [1.807, 2.05) is 0 Å². The van der Waals surface area contributed by atoms with Crippen molar-refractivity contribution in [3.05, 3.63) is 0 Å². The van der Waals surface area contributed by atoms with Gasteiger partial charge in [0.1, 0.15) is 12.3 Å². The molecule has 58 valence electrons. The number of rotatable bonds is 2. The van der Waals surface area contributed by atoms with Crippen molar-refractivity contribution in [1.82, 2.24) is 10.6 Å². The van der Waals surface area contributed by atoms with E-state index in [1.54, 1.807) is 7.11 Å². The van der Waals surface area contributed by atoms with Crippen molar-refractivity contribution in [1.29, 1.82) is 0 Å². The van der Waals surface area contributed by atoms with Crippen LogP contribution in [0.1, 0.15) is 0 Å². The Labute approximate surface area is 60.7 Å². The third-order valence-corrected chi connectivity index (χ3v) is 1.63. The summed E-state index contributed by atoms with van der Waals surface area (Å²) in [6.07, 6.45) is 0.164. The van der Waals surface area contributed by atoms with Gasteiger partial charge in [0.2, 0.25) is 0 Å². The highest BCUT2D eigenvalue weighted by Crippen LogP contribution is 2.00. The molecular weight excluding hydrogens is 130 g/mol. The van der Waals surface area contributed by atoms with Crippen molar-refractivity contribution in [2.75, 3.05) is 20.3 Å². The average Bonchev–Trinajstić information content (AvgIpc) is 2.04. The second-order valence-corrected chi connectivity index (χ2v) is 2.24. The van der Waals surface area contributed by atoms with Gasteiger partial charge in [-0.1, -0.05) is 0 Å². The normalized spacial score (nSPS) is 33.7. The van der Waals surface area contributed by atoms with Gasteiger partial charge in [0, 0.05) is 20.3 Å².